The summed E-state index contributed by atoms with van der Waals surface area (Å²) in [5.74, 6) is 0.886. The van der Waals surface area contributed by atoms with Crippen LogP contribution in [-0.2, 0) is 12.8 Å². The number of pyridine rings is 1. The number of hydrogen-bond acceptors (Lipinski definition) is 6. The van der Waals surface area contributed by atoms with Gasteiger partial charge in [0.25, 0.3) is 5.91 Å². The highest BCUT2D eigenvalue weighted by Crippen LogP contribution is 2.44. The van der Waals surface area contributed by atoms with Gasteiger partial charge in [0.05, 0.1) is 11.3 Å². The Morgan fingerprint density at radius 1 is 1.25 bits per heavy atom. The normalized spacial score (nSPS) is 13.6. The van der Waals surface area contributed by atoms with E-state index in [0.717, 1.165) is 39.2 Å². The minimum absolute atomic E-state index is 0.195. The molecular weight excluding hydrogens is 390 g/mol. The number of amides is 1. The van der Waals surface area contributed by atoms with E-state index in [-0.39, 0.29) is 5.91 Å². The first kappa shape index (κ1) is 17.6. The molecule has 142 valence electrons. The highest BCUT2D eigenvalue weighted by Gasteiger charge is 2.27. The van der Waals surface area contributed by atoms with E-state index in [0.29, 0.717) is 17.1 Å². The third-order valence-corrected chi connectivity index (χ3v) is 7.22. The van der Waals surface area contributed by atoms with Crippen LogP contribution in [0.15, 0.2) is 28.1 Å². The van der Waals surface area contributed by atoms with Crippen molar-refractivity contribution in [2.24, 2.45) is 0 Å². The van der Waals surface area contributed by atoms with Crippen LogP contribution in [0.25, 0.3) is 20.7 Å². The molecule has 0 bridgehead atoms. The van der Waals surface area contributed by atoms with E-state index in [1.54, 1.807) is 35.7 Å². The van der Waals surface area contributed by atoms with Gasteiger partial charge in [-0.05, 0) is 56.5 Å². The first-order chi connectivity index (χ1) is 13.6. The summed E-state index contributed by atoms with van der Waals surface area (Å²) in [5, 5.41) is 10.0. The highest BCUT2D eigenvalue weighted by molar-refractivity contribution is 7.19. The van der Waals surface area contributed by atoms with Crippen molar-refractivity contribution >= 4 is 44.6 Å². The molecule has 4 aromatic rings. The molecular formula is C21H19N3O2S2. The number of aryl methyl sites for hydroxylation is 4. The molecule has 5 rings (SSSR count). The molecule has 0 atom stereocenters. The molecule has 1 aliphatic carbocycles. The Hall–Kier alpha value is -2.51. The Morgan fingerprint density at radius 2 is 2.11 bits per heavy atom. The first-order valence-electron chi connectivity index (χ1n) is 9.35. The number of carbonyl (C=O) groups excluding carboxylic acids is 1. The number of nitrogens with one attached hydrogen (secondary N) is 1. The fraction of sp³-hybridized carbons (Fsp3) is 0.286. The van der Waals surface area contributed by atoms with Gasteiger partial charge in [-0.3, -0.25) is 4.79 Å². The lowest BCUT2D eigenvalue weighted by atomic mass is 9.92. The lowest BCUT2D eigenvalue weighted by Crippen LogP contribution is -2.16. The van der Waals surface area contributed by atoms with Crippen molar-refractivity contribution < 1.29 is 9.32 Å². The number of anilines is 1. The van der Waals surface area contributed by atoms with Crippen LogP contribution < -0.4 is 5.32 Å². The number of hydrogen-bond donors (Lipinski definition) is 1. The Balaban J connectivity index is 1.74. The maximum absolute atomic E-state index is 13.3. The quantitative estimate of drug-likeness (QED) is 0.467. The first-order valence-corrected chi connectivity index (χ1v) is 11.0. The minimum atomic E-state index is -0.195. The van der Waals surface area contributed by atoms with E-state index in [1.165, 1.54) is 23.3 Å². The van der Waals surface area contributed by atoms with Crippen molar-refractivity contribution in [2.75, 3.05) is 5.32 Å². The van der Waals surface area contributed by atoms with Crippen LogP contribution in [0.2, 0.25) is 0 Å². The molecule has 4 heterocycles. The van der Waals surface area contributed by atoms with E-state index < -0.39 is 0 Å². The van der Waals surface area contributed by atoms with Gasteiger partial charge in [0, 0.05) is 26.8 Å². The molecule has 0 saturated carbocycles. The number of nitrogens with zero attached hydrogens (tertiary/aromatic N) is 2. The van der Waals surface area contributed by atoms with E-state index in [1.807, 2.05) is 13.0 Å². The molecule has 1 N–H and O–H groups in total. The zero-order valence-electron chi connectivity index (χ0n) is 15.7. The summed E-state index contributed by atoms with van der Waals surface area (Å²) in [5.41, 5.74) is 3.76. The van der Waals surface area contributed by atoms with Crippen LogP contribution in [0.4, 0.5) is 5.82 Å². The molecule has 0 fully saturated rings. The topological polar surface area (TPSA) is 68.0 Å². The van der Waals surface area contributed by atoms with Gasteiger partial charge in [0.15, 0.2) is 5.82 Å². The predicted molar refractivity (Wildman–Crippen MR) is 114 cm³/mol. The second-order valence-corrected chi connectivity index (χ2v) is 9.12. The SMILES string of the molecule is Cc1cc(NC(=O)c2c(C)nc3sc4c(c3c2-c2cccs2)CCCC4)no1. The summed E-state index contributed by atoms with van der Waals surface area (Å²) in [7, 11) is 0. The van der Waals surface area contributed by atoms with Gasteiger partial charge in [-0.1, -0.05) is 11.2 Å². The van der Waals surface area contributed by atoms with Gasteiger partial charge in [-0.2, -0.15) is 0 Å². The maximum atomic E-state index is 13.3. The smallest absolute Gasteiger partial charge is 0.259 e. The average Bonchev–Trinajstić information content (AvgIpc) is 3.40. The lowest BCUT2D eigenvalue weighted by Gasteiger charge is -2.15. The molecule has 0 spiro atoms. The minimum Gasteiger partial charge on any atom is -0.360 e. The zero-order valence-corrected chi connectivity index (χ0v) is 17.3. The van der Waals surface area contributed by atoms with Crippen LogP contribution in [-0.4, -0.2) is 16.0 Å². The Morgan fingerprint density at radius 3 is 2.86 bits per heavy atom. The summed E-state index contributed by atoms with van der Waals surface area (Å²) in [4.78, 5) is 21.7. The summed E-state index contributed by atoms with van der Waals surface area (Å²) < 4.78 is 5.09. The molecule has 0 aliphatic heterocycles. The Labute approximate surface area is 170 Å². The zero-order chi connectivity index (χ0) is 19.3. The van der Waals surface area contributed by atoms with Crippen molar-refractivity contribution in [3.63, 3.8) is 0 Å². The van der Waals surface area contributed by atoms with Crippen molar-refractivity contribution in [3.05, 3.63) is 51.0 Å². The molecule has 1 aliphatic rings. The van der Waals surface area contributed by atoms with E-state index in [4.69, 9.17) is 9.51 Å². The highest BCUT2D eigenvalue weighted by atomic mass is 32.1. The standard InChI is InChI=1S/C21H19N3O2S2/c1-11-10-16(24-26-11)23-20(25)17-12(2)22-21-18(19(17)15-8-5-9-27-15)13-6-3-4-7-14(13)28-21/h5,8-10H,3-4,6-7H2,1-2H3,(H,23,24,25). The number of aromatic nitrogens is 2. The largest absolute Gasteiger partial charge is 0.360 e. The fourth-order valence-corrected chi connectivity index (χ4v) is 6.05. The third kappa shape index (κ3) is 2.86. The van der Waals surface area contributed by atoms with Gasteiger partial charge >= 0.3 is 0 Å². The van der Waals surface area contributed by atoms with E-state index in [2.05, 4.69) is 21.9 Å². The molecule has 0 radical (unpaired) electrons. The monoisotopic (exact) mass is 409 g/mol. The molecule has 4 aromatic heterocycles. The number of fused-ring (bicyclic) bond motifs is 3. The van der Waals surface area contributed by atoms with Gasteiger partial charge in [0.1, 0.15) is 10.6 Å². The number of rotatable bonds is 3. The lowest BCUT2D eigenvalue weighted by molar-refractivity contribution is 0.102. The molecule has 1 amide bonds. The third-order valence-electron chi connectivity index (χ3n) is 5.15. The maximum Gasteiger partial charge on any atom is 0.259 e. The second kappa shape index (κ2) is 6.83. The van der Waals surface area contributed by atoms with Crippen LogP contribution in [0.3, 0.4) is 0 Å². The summed E-state index contributed by atoms with van der Waals surface area (Å²) in [6.07, 6.45) is 4.59. The van der Waals surface area contributed by atoms with Crippen molar-refractivity contribution in [2.45, 2.75) is 39.5 Å². The van der Waals surface area contributed by atoms with Crippen molar-refractivity contribution in [1.82, 2.24) is 10.1 Å². The number of carbonyl (C=O) groups is 1. The molecule has 5 nitrogen and oxygen atoms in total. The molecule has 7 heteroatoms. The van der Waals surface area contributed by atoms with Crippen LogP contribution in [0, 0.1) is 13.8 Å². The van der Waals surface area contributed by atoms with Gasteiger partial charge in [-0.25, -0.2) is 4.98 Å². The van der Waals surface area contributed by atoms with Gasteiger partial charge in [0.2, 0.25) is 0 Å². The fourth-order valence-electron chi connectivity index (χ4n) is 3.95. The van der Waals surface area contributed by atoms with Gasteiger partial charge in [-0.15, -0.1) is 22.7 Å². The van der Waals surface area contributed by atoms with Gasteiger partial charge < -0.3 is 9.84 Å². The Bertz CT molecular complexity index is 1190. The molecule has 0 aromatic carbocycles. The molecule has 0 unspecified atom stereocenters. The second-order valence-electron chi connectivity index (χ2n) is 7.09. The van der Waals surface area contributed by atoms with Crippen molar-refractivity contribution in [1.29, 1.82) is 0 Å². The van der Waals surface area contributed by atoms with E-state index >= 15 is 0 Å². The van der Waals surface area contributed by atoms with Crippen LogP contribution in [0.5, 0.6) is 0 Å². The van der Waals surface area contributed by atoms with E-state index in [9.17, 15) is 4.79 Å². The number of thiophene rings is 2. The van der Waals surface area contributed by atoms with Crippen molar-refractivity contribution in [3.8, 4) is 10.4 Å². The predicted octanol–water partition coefficient (Wildman–Crippen LogP) is 5.76. The summed E-state index contributed by atoms with van der Waals surface area (Å²) >= 11 is 3.45. The van der Waals surface area contributed by atoms with Crippen LogP contribution >= 0.6 is 22.7 Å². The molecule has 28 heavy (non-hydrogen) atoms. The Kier molecular flexibility index (Phi) is 4.29. The van der Waals surface area contributed by atoms with Crippen LogP contribution in [0.1, 0.15) is 45.1 Å². The summed E-state index contributed by atoms with van der Waals surface area (Å²) in [6, 6.07) is 5.84. The average molecular weight is 410 g/mol. The summed E-state index contributed by atoms with van der Waals surface area (Å²) in [6.45, 7) is 3.72. The molecule has 0 saturated heterocycles.